The van der Waals surface area contributed by atoms with E-state index in [0.717, 1.165) is 12.1 Å². The summed E-state index contributed by atoms with van der Waals surface area (Å²) in [7, 11) is -27.8. The minimum absolute atomic E-state index is 0. The number of Topliss-reactive ketones (excluding diaryl/α,β-unsaturated/α-hetero) is 1. The molecule has 0 bridgehead atoms. The second-order valence-electron chi connectivity index (χ2n) is 10.7. The first kappa shape index (κ1) is 61.4. The van der Waals surface area contributed by atoms with Crippen LogP contribution in [0.3, 0.4) is 0 Å². The Kier molecular flexibility index (Phi) is 22.7. The number of carbonyl (C=O) groups excluding carboxylic acids is 1. The van der Waals surface area contributed by atoms with Crippen molar-refractivity contribution >= 4 is 120 Å². The topological polar surface area (TPSA) is 455 Å². The molecule has 5 rings (SSSR count). The zero-order valence-corrected chi connectivity index (χ0v) is 46.7. The number of anilines is 5. The Balaban J connectivity index is 0.00000744. The van der Waals surface area contributed by atoms with Crippen molar-refractivity contribution in [2.45, 2.75) is 19.6 Å². The number of carbonyl (C=O) groups is 1. The van der Waals surface area contributed by atoms with E-state index in [1.807, 2.05) is 5.43 Å². The van der Waals surface area contributed by atoms with Crippen molar-refractivity contribution in [2.75, 3.05) is 22.2 Å². The van der Waals surface area contributed by atoms with E-state index in [1.165, 1.54) is 0 Å². The van der Waals surface area contributed by atoms with Gasteiger partial charge in [-0.2, -0.15) is 20.1 Å². The molecule has 0 saturated heterocycles. The van der Waals surface area contributed by atoms with Gasteiger partial charge >= 0.3 is 148 Å². The SMILES string of the molecule is Nc1nc(Cl)nc(Nc2ccc(S(=O)(=O)[O-])c(N/N=C3/C(=O)c4c(cc(S(=O)(=O)[O-])c(N=Nc5cc(S(=O)(=O)[O-])ccc5S(=O)(=O)[O-])c4N)C=C3S(=O)(=O)[O-])c2)n1.[Na+].[Na+].[Na+].[Na+].[Na+]. The third kappa shape index (κ3) is 14.7. The van der Waals surface area contributed by atoms with Gasteiger partial charge in [0.2, 0.25) is 23.0 Å². The molecule has 0 unspecified atom stereocenters. The van der Waals surface area contributed by atoms with E-state index >= 15 is 0 Å². The van der Waals surface area contributed by atoms with E-state index in [1.54, 1.807) is 0 Å². The largest absolute Gasteiger partial charge is 1.00 e. The summed E-state index contributed by atoms with van der Waals surface area (Å²) in [6.45, 7) is 0. The molecule has 1 aliphatic carbocycles. The number of nitrogen functional groups attached to an aromatic ring is 2. The number of halogens is 1. The third-order valence-electron chi connectivity index (χ3n) is 7.00. The van der Waals surface area contributed by atoms with Crippen molar-refractivity contribution in [1.82, 2.24) is 15.0 Å². The van der Waals surface area contributed by atoms with Crippen molar-refractivity contribution in [1.29, 1.82) is 0 Å². The number of allylic oxidation sites excluding steroid dienone is 1. The van der Waals surface area contributed by atoms with Crippen molar-refractivity contribution < 1.29 is 217 Å². The van der Waals surface area contributed by atoms with Crippen LogP contribution in [0.25, 0.3) is 6.08 Å². The van der Waals surface area contributed by atoms with Crippen molar-refractivity contribution in [3.63, 3.8) is 0 Å². The molecule has 3 aromatic carbocycles. The van der Waals surface area contributed by atoms with E-state index in [2.05, 4.69) is 35.6 Å². The average Bonchev–Trinajstić information content (AvgIpc) is 3.04. The fourth-order valence-corrected chi connectivity index (χ4v) is 7.87. The van der Waals surface area contributed by atoms with Gasteiger partial charge in [0.15, 0.2) is 0 Å². The molecule has 6 N–H and O–H groups in total. The number of nitrogens with two attached hydrogens (primary N) is 2. The molecule has 302 valence electrons. The second kappa shape index (κ2) is 22.9. The summed E-state index contributed by atoms with van der Waals surface area (Å²) in [4.78, 5) is 18.3. The van der Waals surface area contributed by atoms with Crippen LogP contribution in [-0.2, 0) is 50.6 Å². The Morgan fingerprint density at radius 3 is 1.73 bits per heavy atom. The molecule has 1 aromatic heterocycles. The number of hydrogen-bond donors (Lipinski definition) is 4. The quantitative estimate of drug-likeness (QED) is 0.0356. The third-order valence-corrected chi connectivity index (χ3v) is 11.5. The predicted molar refractivity (Wildman–Crippen MR) is 185 cm³/mol. The van der Waals surface area contributed by atoms with E-state index < -0.39 is 120 Å². The molecular formula is C25H14ClN10Na5O16S5. The zero-order valence-electron chi connectivity index (χ0n) is 31.9. The van der Waals surface area contributed by atoms with Crippen LogP contribution >= 0.6 is 11.6 Å². The summed E-state index contributed by atoms with van der Waals surface area (Å²) in [6.07, 6.45) is 0.328. The molecule has 1 heterocycles. The second-order valence-corrected chi connectivity index (χ2v) is 17.8. The van der Waals surface area contributed by atoms with Gasteiger partial charge in [0.05, 0.1) is 41.4 Å². The molecule has 0 saturated carbocycles. The van der Waals surface area contributed by atoms with Gasteiger partial charge in [0.1, 0.15) is 67.7 Å². The van der Waals surface area contributed by atoms with Crippen molar-refractivity contribution in [3.05, 3.63) is 63.8 Å². The Morgan fingerprint density at radius 1 is 0.645 bits per heavy atom. The molecule has 0 aliphatic heterocycles. The zero-order chi connectivity index (χ0) is 42.6. The summed E-state index contributed by atoms with van der Waals surface area (Å²) >= 11 is 5.74. The number of fused-ring (bicyclic) bond motifs is 1. The molecule has 0 amide bonds. The fraction of sp³-hybridized carbons (Fsp3) is 0. The number of benzene rings is 3. The minimum atomic E-state index is -5.79. The van der Waals surface area contributed by atoms with Gasteiger partial charge in [-0.1, -0.05) is 0 Å². The first-order valence-corrected chi connectivity index (χ1v) is 21.5. The smallest absolute Gasteiger partial charge is 0.744 e. The maximum Gasteiger partial charge on any atom is 1.00 e. The van der Waals surface area contributed by atoms with Gasteiger partial charge in [-0.15, -0.1) is 10.2 Å². The predicted octanol–water partition coefficient (Wildman–Crippen LogP) is -15.0. The molecule has 4 aromatic rings. The molecular weight excluding hydrogens is 1010 g/mol. The molecule has 37 heteroatoms. The molecule has 1 aliphatic rings. The number of ketones is 1. The summed E-state index contributed by atoms with van der Waals surface area (Å²) < 4.78 is 180. The van der Waals surface area contributed by atoms with Crippen LogP contribution < -0.4 is 170 Å². The van der Waals surface area contributed by atoms with E-state index in [0.29, 0.717) is 24.3 Å². The number of rotatable bonds is 11. The molecule has 0 fully saturated rings. The van der Waals surface area contributed by atoms with Crippen LogP contribution in [0.15, 0.2) is 82.3 Å². The molecule has 0 atom stereocenters. The number of hydrogen-bond acceptors (Lipinski definition) is 26. The molecule has 26 nitrogen and oxygen atoms in total. The van der Waals surface area contributed by atoms with E-state index in [-0.39, 0.29) is 183 Å². The molecule has 0 spiro atoms. The number of hydrazone groups is 1. The van der Waals surface area contributed by atoms with Gasteiger partial charge in [0, 0.05) is 5.69 Å². The first-order valence-electron chi connectivity index (χ1n) is 14.1. The monoisotopic (exact) mass is 1020 g/mol. The maximum absolute atomic E-state index is 13.8. The standard InChI is InChI=1S/C25H19ClN10O16S5.5Na/c26-23-30-24(28)32-25(31-23)29-10-1-3-14(54(41,42)43)12(7-10)33-36-21-17(57(50,51)52)6-9-5-16(56(47,48)49)20(19(27)18(9)22(21)37)35-34-13-8-11(53(38,39)40)2-4-15(13)55(44,45)46;;;;;/h1-8,33H,27H2,(H,38,39,40)(H,41,42,43)(H,44,45,46)(H,47,48,49)(H,50,51,52)(H3,28,29,30,31,32);;;;;/q;5*+1/p-5/b35-34?,36-21+;;;;;. The van der Waals surface area contributed by atoms with Crippen LogP contribution in [0, 0.1) is 0 Å². The number of nitrogens with zero attached hydrogens (tertiary/aromatic N) is 6. The van der Waals surface area contributed by atoms with Crippen LogP contribution in [-0.4, -0.2) is 91.3 Å². The molecule has 62 heavy (non-hydrogen) atoms. The summed E-state index contributed by atoms with van der Waals surface area (Å²) in [6, 6.07) is 3.85. The van der Waals surface area contributed by atoms with Crippen molar-refractivity contribution in [2.24, 2.45) is 15.3 Å². The van der Waals surface area contributed by atoms with Crippen LogP contribution in [0.4, 0.5) is 40.3 Å². The number of azo groups is 1. The Bertz CT molecular complexity index is 3110. The Morgan fingerprint density at radius 2 is 1.21 bits per heavy atom. The van der Waals surface area contributed by atoms with Gasteiger partial charge in [0.25, 0.3) is 0 Å². The molecule has 0 radical (unpaired) electrons. The minimum Gasteiger partial charge on any atom is -0.744 e. The van der Waals surface area contributed by atoms with Crippen LogP contribution in [0.5, 0.6) is 0 Å². The summed E-state index contributed by atoms with van der Waals surface area (Å²) in [5, 5.41) is 12.3. The van der Waals surface area contributed by atoms with E-state index in [9.17, 15) is 69.6 Å². The number of aromatic nitrogens is 3. The Labute approximate surface area is 466 Å². The van der Waals surface area contributed by atoms with Gasteiger partial charge in [-0.3, -0.25) is 10.2 Å². The van der Waals surface area contributed by atoms with Crippen LogP contribution in [0.1, 0.15) is 15.9 Å². The maximum atomic E-state index is 13.8. The normalized spacial score (nSPS) is 13.5. The first-order chi connectivity index (χ1) is 26.1. The van der Waals surface area contributed by atoms with Gasteiger partial charge < -0.3 is 39.5 Å². The summed E-state index contributed by atoms with van der Waals surface area (Å²) in [5.74, 6) is -2.33. The number of nitrogens with one attached hydrogen (secondary N) is 2. The average molecular weight is 1020 g/mol. The van der Waals surface area contributed by atoms with Crippen molar-refractivity contribution in [3.8, 4) is 0 Å². The fourth-order valence-electron chi connectivity index (χ4n) is 4.71. The van der Waals surface area contributed by atoms with Crippen LogP contribution in [0.2, 0.25) is 5.28 Å². The summed E-state index contributed by atoms with van der Waals surface area (Å²) in [5.41, 5.74) is 5.71. The van der Waals surface area contributed by atoms with E-state index in [4.69, 9.17) is 23.1 Å². The Hall–Kier alpha value is -0.610. The van der Waals surface area contributed by atoms with Gasteiger partial charge in [-0.25, -0.2) is 42.1 Å². The van der Waals surface area contributed by atoms with Gasteiger partial charge in [-0.05, 0) is 65.7 Å².